The quantitative estimate of drug-likeness (QED) is 0.666. The predicted molar refractivity (Wildman–Crippen MR) is 102 cm³/mol. The van der Waals surface area contributed by atoms with E-state index < -0.39 is 0 Å². The molecule has 138 valence electrons. The molecule has 0 atom stereocenters. The van der Waals surface area contributed by atoms with Gasteiger partial charge in [-0.15, -0.1) is 0 Å². The molecule has 5 heteroatoms. The number of aryl methyl sites for hydroxylation is 1. The molecule has 1 saturated heterocycles. The highest BCUT2D eigenvalue weighted by atomic mass is 16.2. The van der Waals surface area contributed by atoms with Crippen LogP contribution in [0.25, 0.3) is 0 Å². The molecular weight excluding hydrogens is 314 g/mol. The van der Waals surface area contributed by atoms with Gasteiger partial charge in [0.15, 0.2) is 0 Å². The van der Waals surface area contributed by atoms with Gasteiger partial charge in [0.2, 0.25) is 5.91 Å². The lowest BCUT2D eigenvalue weighted by Crippen LogP contribution is -2.29. The highest BCUT2D eigenvalue weighted by Crippen LogP contribution is 2.14. The second-order valence-corrected chi connectivity index (χ2v) is 6.73. The Labute approximate surface area is 151 Å². The van der Waals surface area contributed by atoms with Gasteiger partial charge in [-0.05, 0) is 43.4 Å². The smallest absolute Gasteiger partial charge is 0.319 e. The first-order chi connectivity index (χ1) is 12.2. The Morgan fingerprint density at radius 1 is 1.04 bits per heavy atom. The van der Waals surface area contributed by atoms with Crippen LogP contribution < -0.4 is 10.6 Å². The summed E-state index contributed by atoms with van der Waals surface area (Å²) in [5.41, 5.74) is 1.90. The molecule has 1 aliphatic heterocycles. The van der Waals surface area contributed by atoms with Crippen molar-refractivity contribution in [3.63, 3.8) is 0 Å². The van der Waals surface area contributed by atoms with Crippen molar-refractivity contribution in [2.24, 2.45) is 0 Å². The minimum atomic E-state index is -0.159. The lowest BCUT2D eigenvalue weighted by atomic mass is 10.1. The molecular formula is C20H31N3O2. The summed E-state index contributed by atoms with van der Waals surface area (Å²) < 4.78 is 0. The van der Waals surface area contributed by atoms with Crippen LogP contribution in [-0.4, -0.2) is 36.5 Å². The van der Waals surface area contributed by atoms with E-state index >= 15 is 0 Å². The number of carbonyl (C=O) groups is 2. The van der Waals surface area contributed by atoms with E-state index in [9.17, 15) is 9.59 Å². The van der Waals surface area contributed by atoms with Crippen LogP contribution in [0.3, 0.4) is 0 Å². The van der Waals surface area contributed by atoms with Crippen molar-refractivity contribution in [1.82, 2.24) is 10.2 Å². The van der Waals surface area contributed by atoms with E-state index in [1.807, 2.05) is 29.2 Å². The molecule has 1 aromatic carbocycles. The summed E-state index contributed by atoms with van der Waals surface area (Å²) in [5.74, 6) is 0.252. The summed E-state index contributed by atoms with van der Waals surface area (Å²) in [6, 6.07) is 7.59. The Balaban J connectivity index is 1.66. The topological polar surface area (TPSA) is 61.4 Å². The number of amides is 3. The van der Waals surface area contributed by atoms with Crippen LogP contribution in [-0.2, 0) is 11.2 Å². The maximum Gasteiger partial charge on any atom is 0.319 e. The number of unbranched alkanes of at least 4 members (excludes halogenated alkanes) is 3. The van der Waals surface area contributed by atoms with Crippen molar-refractivity contribution < 1.29 is 9.59 Å². The first-order valence-electron chi connectivity index (χ1n) is 9.60. The molecule has 1 fully saturated rings. The van der Waals surface area contributed by atoms with E-state index in [0.29, 0.717) is 13.0 Å². The fourth-order valence-corrected chi connectivity index (χ4v) is 3.06. The van der Waals surface area contributed by atoms with Gasteiger partial charge in [-0.25, -0.2) is 4.79 Å². The third kappa shape index (κ3) is 7.16. The Bertz CT molecular complexity index is 536. The zero-order chi connectivity index (χ0) is 17.9. The average Bonchev–Trinajstić information content (AvgIpc) is 3.15. The van der Waals surface area contributed by atoms with Gasteiger partial charge in [0.25, 0.3) is 0 Å². The van der Waals surface area contributed by atoms with Crippen LogP contribution in [0.15, 0.2) is 24.3 Å². The van der Waals surface area contributed by atoms with Crippen LogP contribution in [0.5, 0.6) is 0 Å². The maximum absolute atomic E-state index is 12.1. The second-order valence-electron chi connectivity index (χ2n) is 6.73. The van der Waals surface area contributed by atoms with Gasteiger partial charge in [0, 0.05) is 31.7 Å². The first kappa shape index (κ1) is 19.3. The summed E-state index contributed by atoms with van der Waals surface area (Å²) in [5, 5.41) is 5.72. The molecule has 1 aliphatic rings. The summed E-state index contributed by atoms with van der Waals surface area (Å²) in [7, 11) is 0. The van der Waals surface area contributed by atoms with E-state index in [2.05, 4.69) is 17.6 Å². The molecule has 0 bridgehead atoms. The summed E-state index contributed by atoms with van der Waals surface area (Å²) in [4.78, 5) is 25.8. The maximum atomic E-state index is 12.1. The van der Waals surface area contributed by atoms with Gasteiger partial charge in [-0.3, -0.25) is 4.79 Å². The first-order valence-corrected chi connectivity index (χ1v) is 9.60. The van der Waals surface area contributed by atoms with Crippen LogP contribution in [0.1, 0.15) is 57.4 Å². The van der Waals surface area contributed by atoms with Crippen molar-refractivity contribution in [2.75, 3.05) is 25.0 Å². The Morgan fingerprint density at radius 2 is 1.76 bits per heavy atom. The second kappa shape index (κ2) is 10.7. The number of benzene rings is 1. The molecule has 0 spiro atoms. The monoisotopic (exact) mass is 345 g/mol. The van der Waals surface area contributed by atoms with Crippen molar-refractivity contribution in [1.29, 1.82) is 0 Å². The third-order valence-electron chi connectivity index (χ3n) is 4.61. The molecule has 0 saturated carbocycles. The normalized spacial score (nSPS) is 13.7. The summed E-state index contributed by atoms with van der Waals surface area (Å²) >= 11 is 0. The molecule has 25 heavy (non-hydrogen) atoms. The van der Waals surface area contributed by atoms with E-state index in [4.69, 9.17) is 0 Å². The summed E-state index contributed by atoms with van der Waals surface area (Å²) in [6.07, 6.45) is 8.16. The number of likely N-dealkylation sites (tertiary alicyclic amines) is 1. The van der Waals surface area contributed by atoms with Crippen molar-refractivity contribution >= 4 is 17.6 Å². The largest absolute Gasteiger partial charge is 0.343 e. The molecule has 0 unspecified atom stereocenters. The minimum Gasteiger partial charge on any atom is -0.343 e. The van der Waals surface area contributed by atoms with Crippen molar-refractivity contribution in [3.05, 3.63) is 29.8 Å². The fourth-order valence-electron chi connectivity index (χ4n) is 3.06. The van der Waals surface area contributed by atoms with Crippen LogP contribution in [0.4, 0.5) is 10.5 Å². The molecule has 1 heterocycles. The molecule has 0 aromatic heterocycles. The minimum absolute atomic E-state index is 0.159. The highest BCUT2D eigenvalue weighted by Gasteiger charge is 2.17. The highest BCUT2D eigenvalue weighted by molar-refractivity contribution is 5.89. The molecule has 3 amide bonds. The van der Waals surface area contributed by atoms with Gasteiger partial charge in [0.05, 0.1) is 0 Å². The number of nitrogens with one attached hydrogen (secondary N) is 2. The van der Waals surface area contributed by atoms with E-state index in [0.717, 1.165) is 56.4 Å². The Kier molecular flexibility index (Phi) is 8.29. The van der Waals surface area contributed by atoms with Gasteiger partial charge < -0.3 is 15.5 Å². The van der Waals surface area contributed by atoms with Crippen molar-refractivity contribution in [2.45, 2.75) is 58.3 Å². The SMILES string of the molecule is CCCCCCNC(=O)Nc1ccc(CCC(=O)N2CCCC2)cc1. The standard InChI is InChI=1S/C20H31N3O2/c1-2-3-4-5-14-21-20(25)22-18-11-8-17(9-12-18)10-13-19(24)23-15-6-7-16-23/h8-9,11-12H,2-7,10,13-16H2,1H3,(H2,21,22,25). The van der Waals surface area contributed by atoms with Gasteiger partial charge in [0.1, 0.15) is 0 Å². The van der Waals surface area contributed by atoms with E-state index in [1.54, 1.807) is 0 Å². The molecule has 0 aliphatic carbocycles. The number of urea groups is 1. The van der Waals surface area contributed by atoms with Crippen LogP contribution >= 0.6 is 0 Å². The van der Waals surface area contributed by atoms with Crippen LogP contribution in [0, 0.1) is 0 Å². The average molecular weight is 345 g/mol. The predicted octanol–water partition coefficient (Wildman–Crippen LogP) is 3.94. The lowest BCUT2D eigenvalue weighted by molar-refractivity contribution is -0.130. The zero-order valence-corrected chi connectivity index (χ0v) is 15.4. The molecule has 2 rings (SSSR count). The number of nitrogens with zero attached hydrogens (tertiary/aromatic N) is 1. The van der Waals surface area contributed by atoms with Crippen LogP contribution in [0.2, 0.25) is 0 Å². The van der Waals surface area contributed by atoms with E-state index in [1.165, 1.54) is 12.8 Å². The lowest BCUT2D eigenvalue weighted by Gasteiger charge is -2.15. The number of hydrogen-bond acceptors (Lipinski definition) is 2. The fraction of sp³-hybridized carbons (Fsp3) is 0.600. The Hall–Kier alpha value is -2.04. The van der Waals surface area contributed by atoms with Gasteiger partial charge in [-0.1, -0.05) is 38.3 Å². The van der Waals surface area contributed by atoms with Gasteiger partial charge >= 0.3 is 6.03 Å². The van der Waals surface area contributed by atoms with Gasteiger partial charge in [-0.2, -0.15) is 0 Å². The van der Waals surface area contributed by atoms with Crippen molar-refractivity contribution in [3.8, 4) is 0 Å². The number of hydrogen-bond donors (Lipinski definition) is 2. The zero-order valence-electron chi connectivity index (χ0n) is 15.4. The number of anilines is 1. The molecule has 5 nitrogen and oxygen atoms in total. The Morgan fingerprint density at radius 3 is 2.44 bits per heavy atom. The number of carbonyl (C=O) groups excluding carboxylic acids is 2. The molecule has 1 aromatic rings. The molecule has 2 N–H and O–H groups in total. The molecule has 0 radical (unpaired) electrons. The third-order valence-corrected chi connectivity index (χ3v) is 4.61. The number of rotatable bonds is 9. The van der Waals surface area contributed by atoms with E-state index in [-0.39, 0.29) is 11.9 Å². The summed E-state index contributed by atoms with van der Waals surface area (Å²) in [6.45, 7) is 4.71.